The third-order valence-electron chi connectivity index (χ3n) is 8.93. The van der Waals surface area contributed by atoms with Crippen LogP contribution in [0.3, 0.4) is 0 Å². The molecule has 266 valence electrons. The van der Waals surface area contributed by atoms with E-state index in [-0.39, 0.29) is 19.3 Å². The largest absolute Gasteiger partial charge is 0.457 e. The summed E-state index contributed by atoms with van der Waals surface area (Å²) in [6, 6.07) is 39.9. The zero-order valence-electron chi connectivity index (χ0n) is 29.4. The highest BCUT2D eigenvalue weighted by atomic mass is 16.7. The molecule has 0 radical (unpaired) electrons. The van der Waals surface area contributed by atoms with Gasteiger partial charge in [-0.15, -0.1) is 0 Å². The number of carbonyl (C=O) groups excluding carboxylic acids is 1. The van der Waals surface area contributed by atoms with Gasteiger partial charge in [0.05, 0.1) is 32.5 Å². The summed E-state index contributed by atoms with van der Waals surface area (Å²) < 4.78 is 45.6. The smallest absolute Gasteiger partial charge is 0.303 e. The number of hydrogen-bond acceptors (Lipinski definition) is 8. The number of esters is 1. The molecule has 8 heteroatoms. The predicted octanol–water partition coefficient (Wildman–Crippen LogP) is 7.82. The van der Waals surface area contributed by atoms with Crippen LogP contribution in [0.1, 0.15) is 55.4 Å². The molecule has 1 heterocycles. The van der Waals surface area contributed by atoms with Crippen molar-refractivity contribution in [3.63, 3.8) is 0 Å². The molecule has 0 aliphatic carbocycles. The highest BCUT2D eigenvalue weighted by Crippen LogP contribution is 2.41. The second-order valence-electron chi connectivity index (χ2n) is 12.6. The van der Waals surface area contributed by atoms with E-state index in [4.69, 9.17) is 33.2 Å². The van der Waals surface area contributed by atoms with E-state index in [1.54, 1.807) is 7.11 Å². The van der Waals surface area contributed by atoms with E-state index in [1.165, 1.54) is 6.92 Å². The Morgan fingerprint density at radius 1 is 0.700 bits per heavy atom. The van der Waals surface area contributed by atoms with Gasteiger partial charge in [-0.1, -0.05) is 128 Å². The Hall–Kier alpha value is -3.89. The molecular formula is C42H50O8. The van der Waals surface area contributed by atoms with Crippen LogP contribution in [0.4, 0.5) is 0 Å². The van der Waals surface area contributed by atoms with Crippen LogP contribution < -0.4 is 0 Å². The molecule has 50 heavy (non-hydrogen) atoms. The van der Waals surface area contributed by atoms with Gasteiger partial charge in [-0.25, -0.2) is 0 Å². The van der Waals surface area contributed by atoms with Crippen LogP contribution in [0, 0.1) is 0 Å². The van der Waals surface area contributed by atoms with E-state index in [9.17, 15) is 4.79 Å². The van der Waals surface area contributed by atoms with Crippen molar-refractivity contribution in [3.05, 3.63) is 144 Å². The van der Waals surface area contributed by atoms with Crippen LogP contribution >= 0.6 is 0 Å². The van der Waals surface area contributed by atoms with Gasteiger partial charge >= 0.3 is 5.97 Å². The summed E-state index contributed by atoms with van der Waals surface area (Å²) in [5.41, 5.74) is 4.10. The number of ether oxygens (including phenoxy) is 7. The van der Waals surface area contributed by atoms with Crippen LogP contribution in [-0.4, -0.2) is 56.0 Å². The van der Waals surface area contributed by atoms with Gasteiger partial charge in [0.2, 0.25) is 0 Å². The monoisotopic (exact) mass is 682 g/mol. The van der Waals surface area contributed by atoms with Gasteiger partial charge in [0, 0.05) is 33.5 Å². The topological polar surface area (TPSA) is 81.7 Å². The minimum atomic E-state index is -1.31. The molecule has 4 aromatic carbocycles. The quantitative estimate of drug-likeness (QED) is 0.0732. The fraction of sp³-hybridized carbons (Fsp3) is 0.405. The zero-order valence-corrected chi connectivity index (χ0v) is 29.4. The Morgan fingerprint density at radius 2 is 1.20 bits per heavy atom. The van der Waals surface area contributed by atoms with Crippen molar-refractivity contribution < 1.29 is 38.0 Å². The highest BCUT2D eigenvalue weighted by molar-refractivity contribution is 5.66. The van der Waals surface area contributed by atoms with Crippen molar-refractivity contribution in [2.45, 2.75) is 95.8 Å². The lowest BCUT2D eigenvalue weighted by Gasteiger charge is -2.52. The van der Waals surface area contributed by atoms with E-state index in [0.717, 1.165) is 22.3 Å². The first kappa shape index (κ1) is 37.4. The minimum absolute atomic E-state index is 0.243. The number of rotatable bonds is 19. The summed E-state index contributed by atoms with van der Waals surface area (Å²) in [6.07, 6.45) is -1.73. The molecule has 4 aromatic rings. The standard InChI is InChI=1S/C42H50O8/c1-4-37(46-29-34-19-11-6-12-20-34)27-42(44-3)41(48-31-36-23-15-8-16-24-36)40(47-30-35-21-13-7-14-22-35)39(49-32(2)43)38(50-42)25-26-45-28-33-17-9-5-10-18-33/h5-24,37-41H,4,25-31H2,1-3H3/t37-,38-,39-,40+,41+,42+/m1/s1. The Kier molecular flexibility index (Phi) is 14.6. The van der Waals surface area contributed by atoms with Crippen molar-refractivity contribution in [1.29, 1.82) is 0 Å². The first-order valence-electron chi connectivity index (χ1n) is 17.5. The summed E-state index contributed by atoms with van der Waals surface area (Å²) >= 11 is 0. The highest BCUT2D eigenvalue weighted by Gasteiger charge is 2.58. The van der Waals surface area contributed by atoms with Crippen molar-refractivity contribution in [2.75, 3.05) is 13.7 Å². The van der Waals surface area contributed by atoms with Crippen LogP contribution in [0.15, 0.2) is 121 Å². The van der Waals surface area contributed by atoms with E-state index >= 15 is 0 Å². The number of carbonyl (C=O) groups is 1. The molecule has 0 saturated carbocycles. The third-order valence-corrected chi connectivity index (χ3v) is 8.93. The van der Waals surface area contributed by atoms with E-state index < -0.39 is 36.2 Å². The first-order valence-corrected chi connectivity index (χ1v) is 17.5. The van der Waals surface area contributed by atoms with Crippen molar-refractivity contribution in [3.8, 4) is 0 Å². The normalized spacial score (nSPS) is 22.5. The SMILES string of the molecule is CC[C@H](C[C@]1(OC)O[C@H](CCOCc2ccccc2)[C@@H](OC(C)=O)[C@H](OCc2ccccc2)[C@@H]1OCc1ccccc1)OCc1ccccc1. The van der Waals surface area contributed by atoms with E-state index in [1.807, 2.05) is 121 Å². The molecule has 8 nitrogen and oxygen atoms in total. The fourth-order valence-electron chi connectivity index (χ4n) is 6.32. The zero-order chi connectivity index (χ0) is 35.0. The molecule has 0 bridgehead atoms. The fourth-order valence-corrected chi connectivity index (χ4v) is 6.32. The average Bonchev–Trinajstić information content (AvgIpc) is 3.16. The van der Waals surface area contributed by atoms with Crippen LogP contribution in [0.2, 0.25) is 0 Å². The summed E-state index contributed by atoms with van der Waals surface area (Å²) in [4.78, 5) is 12.7. The lowest BCUT2D eigenvalue weighted by Crippen LogP contribution is -2.68. The number of methoxy groups -OCH3 is 1. The van der Waals surface area contributed by atoms with Gasteiger partial charge in [-0.2, -0.15) is 0 Å². The molecule has 0 N–H and O–H groups in total. The van der Waals surface area contributed by atoms with Crippen LogP contribution in [0.5, 0.6) is 0 Å². The second-order valence-corrected chi connectivity index (χ2v) is 12.6. The molecule has 0 amide bonds. The van der Waals surface area contributed by atoms with Crippen molar-refractivity contribution in [1.82, 2.24) is 0 Å². The predicted molar refractivity (Wildman–Crippen MR) is 191 cm³/mol. The van der Waals surface area contributed by atoms with Crippen molar-refractivity contribution >= 4 is 5.97 Å². The summed E-state index contributed by atoms with van der Waals surface area (Å²) in [6.45, 7) is 5.28. The Labute approximate surface area is 296 Å². The molecule has 6 atom stereocenters. The second kappa shape index (κ2) is 19.5. The molecule has 1 aliphatic heterocycles. The van der Waals surface area contributed by atoms with Gasteiger partial charge in [0.15, 0.2) is 11.9 Å². The molecule has 5 rings (SSSR count). The van der Waals surface area contributed by atoms with Gasteiger partial charge in [-0.3, -0.25) is 4.79 Å². The molecule has 0 spiro atoms. The number of hydrogen-bond donors (Lipinski definition) is 0. The Morgan fingerprint density at radius 3 is 1.70 bits per heavy atom. The summed E-state index contributed by atoms with van der Waals surface area (Å²) in [7, 11) is 1.63. The van der Waals surface area contributed by atoms with Crippen LogP contribution in [-0.2, 0) is 64.4 Å². The van der Waals surface area contributed by atoms with Gasteiger partial charge < -0.3 is 33.2 Å². The summed E-state index contributed by atoms with van der Waals surface area (Å²) in [5, 5.41) is 0. The minimum Gasteiger partial charge on any atom is -0.457 e. The maximum atomic E-state index is 12.7. The third kappa shape index (κ3) is 10.8. The number of benzene rings is 4. The van der Waals surface area contributed by atoms with Gasteiger partial charge in [-0.05, 0) is 28.7 Å². The maximum Gasteiger partial charge on any atom is 0.303 e. The molecule has 1 aliphatic rings. The Bertz CT molecular complexity index is 1520. The van der Waals surface area contributed by atoms with E-state index in [0.29, 0.717) is 39.1 Å². The molecule has 0 unspecified atom stereocenters. The first-order chi connectivity index (χ1) is 24.5. The molecule has 1 saturated heterocycles. The van der Waals surface area contributed by atoms with Crippen LogP contribution in [0.25, 0.3) is 0 Å². The van der Waals surface area contributed by atoms with Crippen molar-refractivity contribution in [2.24, 2.45) is 0 Å². The Balaban J connectivity index is 1.47. The van der Waals surface area contributed by atoms with E-state index in [2.05, 4.69) is 6.92 Å². The molecule has 0 aromatic heterocycles. The maximum absolute atomic E-state index is 12.7. The van der Waals surface area contributed by atoms with Gasteiger partial charge in [0.1, 0.15) is 18.3 Å². The van der Waals surface area contributed by atoms with Gasteiger partial charge in [0.25, 0.3) is 0 Å². The molecular weight excluding hydrogens is 632 g/mol. The lowest BCUT2D eigenvalue weighted by molar-refractivity contribution is -0.377. The average molecular weight is 683 g/mol. The molecule has 1 fully saturated rings. The summed E-state index contributed by atoms with van der Waals surface area (Å²) in [5.74, 6) is -1.75. The lowest BCUT2D eigenvalue weighted by atomic mass is 9.86.